The molecular formula is C17H18FNO2. The molecule has 0 bridgehead atoms. The fraction of sp³-hybridized carbons (Fsp3) is 0.235. The number of carbonyl (C=O) groups excluding carboxylic acids is 1. The number of Topliss-reactive ketones (excluding diaryl/α,β-unsaturated/α-hetero) is 1. The lowest BCUT2D eigenvalue weighted by molar-refractivity contribution is 0.101. The lowest BCUT2D eigenvalue weighted by Crippen LogP contribution is -2.19. The fourth-order valence-corrected chi connectivity index (χ4v) is 2.27. The van der Waals surface area contributed by atoms with Gasteiger partial charge in [-0.05, 0) is 36.8 Å². The summed E-state index contributed by atoms with van der Waals surface area (Å²) in [7, 11) is 3.46. The van der Waals surface area contributed by atoms with E-state index in [-0.39, 0.29) is 11.3 Å². The average molecular weight is 287 g/mol. The third-order valence-electron chi connectivity index (χ3n) is 3.33. The van der Waals surface area contributed by atoms with Crippen molar-refractivity contribution in [3.63, 3.8) is 0 Å². The predicted molar refractivity (Wildman–Crippen MR) is 81.5 cm³/mol. The molecule has 0 heterocycles. The van der Waals surface area contributed by atoms with E-state index >= 15 is 0 Å². The molecule has 110 valence electrons. The normalized spacial score (nSPS) is 10.3. The molecule has 0 fully saturated rings. The van der Waals surface area contributed by atoms with Crippen LogP contribution in [-0.4, -0.2) is 19.9 Å². The van der Waals surface area contributed by atoms with E-state index in [0.29, 0.717) is 12.2 Å². The van der Waals surface area contributed by atoms with Crippen LogP contribution in [0.4, 0.5) is 10.1 Å². The van der Waals surface area contributed by atoms with Gasteiger partial charge in [-0.3, -0.25) is 4.79 Å². The molecule has 0 saturated heterocycles. The molecule has 21 heavy (non-hydrogen) atoms. The van der Waals surface area contributed by atoms with E-state index in [1.54, 1.807) is 19.2 Å². The van der Waals surface area contributed by atoms with Gasteiger partial charge >= 0.3 is 0 Å². The van der Waals surface area contributed by atoms with Crippen molar-refractivity contribution in [1.82, 2.24) is 0 Å². The van der Waals surface area contributed by atoms with Crippen molar-refractivity contribution < 1.29 is 13.9 Å². The highest BCUT2D eigenvalue weighted by Crippen LogP contribution is 2.24. The minimum Gasteiger partial charge on any atom is -0.497 e. The summed E-state index contributed by atoms with van der Waals surface area (Å²) in [6.45, 7) is 1.96. The van der Waals surface area contributed by atoms with Gasteiger partial charge in [0.05, 0.1) is 18.4 Å². The first-order valence-electron chi connectivity index (χ1n) is 6.66. The number of halogens is 1. The first kappa shape index (κ1) is 15.0. The van der Waals surface area contributed by atoms with Crippen molar-refractivity contribution in [1.29, 1.82) is 0 Å². The molecule has 3 nitrogen and oxygen atoms in total. The molecule has 0 unspecified atom stereocenters. The zero-order valence-corrected chi connectivity index (χ0v) is 12.4. The summed E-state index contributed by atoms with van der Waals surface area (Å²) in [5.41, 5.74) is 1.78. The maximum atomic E-state index is 13.8. The van der Waals surface area contributed by atoms with Crippen LogP contribution < -0.4 is 9.64 Å². The maximum absolute atomic E-state index is 13.8. The Kier molecular flexibility index (Phi) is 4.58. The topological polar surface area (TPSA) is 29.5 Å². The zero-order chi connectivity index (χ0) is 15.4. The molecule has 4 heteroatoms. The molecule has 2 aromatic carbocycles. The van der Waals surface area contributed by atoms with Gasteiger partial charge < -0.3 is 9.64 Å². The van der Waals surface area contributed by atoms with Gasteiger partial charge in [0.2, 0.25) is 0 Å². The van der Waals surface area contributed by atoms with E-state index in [2.05, 4.69) is 0 Å². The standard InChI is InChI=1S/C17H18FNO2/c1-12(20)17-15(18)5-4-6-16(17)19(2)11-13-7-9-14(21-3)10-8-13/h4-10H,11H2,1-3H3. The van der Waals surface area contributed by atoms with Crippen molar-refractivity contribution >= 4 is 11.5 Å². The molecule has 0 N–H and O–H groups in total. The number of nitrogens with zero attached hydrogens (tertiary/aromatic N) is 1. The second-order valence-electron chi connectivity index (χ2n) is 4.89. The summed E-state index contributed by atoms with van der Waals surface area (Å²) >= 11 is 0. The Hall–Kier alpha value is -2.36. The van der Waals surface area contributed by atoms with Crippen LogP contribution in [0.2, 0.25) is 0 Å². The highest BCUT2D eigenvalue weighted by atomic mass is 19.1. The largest absolute Gasteiger partial charge is 0.497 e. The molecule has 0 atom stereocenters. The minimum absolute atomic E-state index is 0.133. The van der Waals surface area contributed by atoms with Gasteiger partial charge in [0.15, 0.2) is 5.78 Å². The summed E-state index contributed by atoms with van der Waals surface area (Å²) in [6.07, 6.45) is 0. The van der Waals surface area contributed by atoms with Gasteiger partial charge in [0.25, 0.3) is 0 Å². The van der Waals surface area contributed by atoms with Gasteiger partial charge in [-0.1, -0.05) is 18.2 Å². The molecule has 0 spiro atoms. The summed E-state index contributed by atoms with van der Waals surface area (Å²) in [5, 5.41) is 0. The first-order valence-corrected chi connectivity index (χ1v) is 6.66. The molecular weight excluding hydrogens is 269 g/mol. The second-order valence-corrected chi connectivity index (χ2v) is 4.89. The number of anilines is 1. The lowest BCUT2D eigenvalue weighted by Gasteiger charge is -2.22. The molecule has 0 aromatic heterocycles. The Morgan fingerprint density at radius 1 is 1.19 bits per heavy atom. The van der Waals surface area contributed by atoms with Crippen LogP contribution in [0.25, 0.3) is 0 Å². The molecule has 0 aliphatic heterocycles. The Bertz CT molecular complexity index is 638. The molecule has 0 aliphatic carbocycles. The van der Waals surface area contributed by atoms with Crippen LogP contribution in [0.3, 0.4) is 0 Å². The number of ether oxygens (including phenoxy) is 1. The number of rotatable bonds is 5. The van der Waals surface area contributed by atoms with Gasteiger partial charge in [0, 0.05) is 13.6 Å². The number of carbonyl (C=O) groups is 1. The Morgan fingerprint density at radius 3 is 2.43 bits per heavy atom. The lowest BCUT2D eigenvalue weighted by atomic mass is 10.1. The summed E-state index contributed by atoms with van der Waals surface area (Å²) < 4.78 is 19.0. The first-order chi connectivity index (χ1) is 10.0. The molecule has 0 saturated carbocycles. The highest BCUT2D eigenvalue weighted by molar-refractivity contribution is 6.00. The number of ketones is 1. The van der Waals surface area contributed by atoms with Crippen LogP contribution in [0, 0.1) is 5.82 Å². The van der Waals surface area contributed by atoms with Crippen molar-refractivity contribution in [2.24, 2.45) is 0 Å². The monoisotopic (exact) mass is 287 g/mol. The molecule has 2 rings (SSSR count). The Morgan fingerprint density at radius 2 is 1.86 bits per heavy atom. The van der Waals surface area contributed by atoms with E-state index in [1.807, 2.05) is 36.2 Å². The average Bonchev–Trinajstić information content (AvgIpc) is 2.47. The molecule has 0 aliphatic rings. The molecule has 0 radical (unpaired) electrons. The van der Waals surface area contributed by atoms with Gasteiger partial charge in [-0.25, -0.2) is 4.39 Å². The van der Waals surface area contributed by atoms with Crippen LogP contribution in [-0.2, 0) is 6.54 Å². The number of methoxy groups -OCH3 is 1. The third-order valence-corrected chi connectivity index (χ3v) is 3.33. The third kappa shape index (κ3) is 3.40. The van der Waals surface area contributed by atoms with Gasteiger partial charge in [-0.15, -0.1) is 0 Å². The summed E-state index contributed by atoms with van der Waals surface area (Å²) in [6, 6.07) is 12.3. The van der Waals surface area contributed by atoms with E-state index in [1.165, 1.54) is 13.0 Å². The molecule has 0 amide bonds. The second kappa shape index (κ2) is 6.39. The smallest absolute Gasteiger partial charge is 0.164 e. The Balaban J connectivity index is 2.25. The number of benzene rings is 2. The quantitative estimate of drug-likeness (QED) is 0.786. The summed E-state index contributed by atoms with van der Waals surface area (Å²) in [5.74, 6) is 0.0304. The van der Waals surface area contributed by atoms with E-state index < -0.39 is 5.82 Å². The van der Waals surface area contributed by atoms with Crippen molar-refractivity contribution in [2.75, 3.05) is 19.1 Å². The SMILES string of the molecule is COc1ccc(CN(C)c2cccc(F)c2C(C)=O)cc1. The van der Waals surface area contributed by atoms with Crippen LogP contribution in [0.15, 0.2) is 42.5 Å². The van der Waals surface area contributed by atoms with Gasteiger partial charge in [0.1, 0.15) is 11.6 Å². The van der Waals surface area contributed by atoms with Crippen molar-refractivity contribution in [3.8, 4) is 5.75 Å². The highest BCUT2D eigenvalue weighted by Gasteiger charge is 2.15. The number of hydrogen-bond donors (Lipinski definition) is 0. The Labute approximate surface area is 124 Å². The minimum atomic E-state index is -0.485. The van der Waals surface area contributed by atoms with Crippen LogP contribution in [0.1, 0.15) is 22.8 Å². The zero-order valence-electron chi connectivity index (χ0n) is 12.4. The van der Waals surface area contributed by atoms with Crippen LogP contribution >= 0.6 is 0 Å². The number of hydrogen-bond acceptors (Lipinski definition) is 3. The fourth-order valence-electron chi connectivity index (χ4n) is 2.27. The maximum Gasteiger partial charge on any atom is 0.164 e. The van der Waals surface area contributed by atoms with Gasteiger partial charge in [-0.2, -0.15) is 0 Å². The van der Waals surface area contributed by atoms with Crippen molar-refractivity contribution in [3.05, 3.63) is 59.4 Å². The summed E-state index contributed by atoms with van der Waals surface area (Å²) in [4.78, 5) is 13.5. The van der Waals surface area contributed by atoms with E-state index in [9.17, 15) is 9.18 Å². The van der Waals surface area contributed by atoms with E-state index in [0.717, 1.165) is 11.3 Å². The van der Waals surface area contributed by atoms with E-state index in [4.69, 9.17) is 4.74 Å². The predicted octanol–water partition coefficient (Wildman–Crippen LogP) is 3.67. The van der Waals surface area contributed by atoms with Crippen LogP contribution in [0.5, 0.6) is 5.75 Å². The molecule has 2 aromatic rings. The van der Waals surface area contributed by atoms with Crippen molar-refractivity contribution in [2.45, 2.75) is 13.5 Å².